The fourth-order valence-electron chi connectivity index (χ4n) is 2.47. The van der Waals surface area contributed by atoms with Crippen LogP contribution in [0, 0.1) is 5.41 Å². The molecule has 0 aliphatic heterocycles. The predicted octanol–water partition coefficient (Wildman–Crippen LogP) is 1.40. The third kappa shape index (κ3) is 2.55. The Labute approximate surface area is 106 Å². The zero-order valence-corrected chi connectivity index (χ0v) is 10.5. The number of aryl methyl sites for hydroxylation is 1. The van der Waals surface area contributed by atoms with E-state index >= 15 is 0 Å². The van der Waals surface area contributed by atoms with E-state index in [2.05, 4.69) is 5.32 Å². The number of aromatic nitrogens is 1. The number of nitrogens with zero attached hydrogens (tertiary/aromatic N) is 1. The molecule has 1 saturated carbocycles. The van der Waals surface area contributed by atoms with E-state index in [1.165, 1.54) is 0 Å². The van der Waals surface area contributed by atoms with Crippen LogP contribution >= 0.6 is 0 Å². The van der Waals surface area contributed by atoms with Gasteiger partial charge in [0.05, 0.1) is 6.42 Å². The summed E-state index contributed by atoms with van der Waals surface area (Å²) in [6, 6.07) is 3.56. The SMILES string of the molecule is Cn1cccc1C(=O)NCC1(CC(=O)O)CCC1. The van der Waals surface area contributed by atoms with Gasteiger partial charge in [-0.1, -0.05) is 6.42 Å². The molecule has 0 saturated heterocycles. The first-order chi connectivity index (χ1) is 8.52. The van der Waals surface area contributed by atoms with Crippen molar-refractivity contribution in [2.24, 2.45) is 12.5 Å². The molecule has 1 aliphatic carbocycles. The van der Waals surface area contributed by atoms with Gasteiger partial charge in [-0.2, -0.15) is 0 Å². The van der Waals surface area contributed by atoms with Crippen molar-refractivity contribution in [1.82, 2.24) is 9.88 Å². The Balaban J connectivity index is 1.93. The summed E-state index contributed by atoms with van der Waals surface area (Å²) in [4.78, 5) is 22.7. The maximum Gasteiger partial charge on any atom is 0.303 e. The monoisotopic (exact) mass is 250 g/mol. The number of nitrogens with one attached hydrogen (secondary N) is 1. The molecular formula is C13H18N2O3. The van der Waals surface area contributed by atoms with Gasteiger partial charge in [-0.25, -0.2) is 0 Å². The van der Waals surface area contributed by atoms with Crippen LogP contribution in [0.25, 0.3) is 0 Å². The number of carboxylic acids is 1. The number of hydrogen-bond donors (Lipinski definition) is 2. The molecule has 0 radical (unpaired) electrons. The molecule has 2 rings (SSSR count). The van der Waals surface area contributed by atoms with Crippen LogP contribution in [0.4, 0.5) is 0 Å². The lowest BCUT2D eigenvalue weighted by Crippen LogP contribution is -2.43. The van der Waals surface area contributed by atoms with Crippen LogP contribution in [0.3, 0.4) is 0 Å². The Hall–Kier alpha value is -1.78. The van der Waals surface area contributed by atoms with Gasteiger partial charge in [0.25, 0.3) is 5.91 Å². The van der Waals surface area contributed by atoms with Crippen molar-refractivity contribution in [1.29, 1.82) is 0 Å². The van der Waals surface area contributed by atoms with E-state index in [4.69, 9.17) is 5.11 Å². The van der Waals surface area contributed by atoms with E-state index in [1.54, 1.807) is 10.6 Å². The molecule has 0 atom stereocenters. The van der Waals surface area contributed by atoms with E-state index in [0.717, 1.165) is 19.3 Å². The summed E-state index contributed by atoms with van der Waals surface area (Å²) >= 11 is 0. The first-order valence-electron chi connectivity index (χ1n) is 6.14. The third-order valence-electron chi connectivity index (χ3n) is 3.74. The fourth-order valence-corrected chi connectivity index (χ4v) is 2.47. The quantitative estimate of drug-likeness (QED) is 0.829. The van der Waals surface area contributed by atoms with Crippen LogP contribution < -0.4 is 5.32 Å². The molecule has 1 aromatic rings. The minimum absolute atomic E-state index is 0.139. The molecule has 0 bridgehead atoms. The molecule has 5 nitrogen and oxygen atoms in total. The van der Waals surface area contributed by atoms with Gasteiger partial charge < -0.3 is 15.0 Å². The van der Waals surface area contributed by atoms with Gasteiger partial charge in [0, 0.05) is 19.8 Å². The second-order valence-corrected chi connectivity index (χ2v) is 5.11. The lowest BCUT2D eigenvalue weighted by atomic mass is 9.66. The van der Waals surface area contributed by atoms with Gasteiger partial charge in [0.1, 0.15) is 5.69 Å². The van der Waals surface area contributed by atoms with Crippen molar-refractivity contribution >= 4 is 11.9 Å². The lowest BCUT2D eigenvalue weighted by Gasteiger charge is -2.40. The van der Waals surface area contributed by atoms with Crippen molar-refractivity contribution in [3.05, 3.63) is 24.0 Å². The van der Waals surface area contributed by atoms with Gasteiger partial charge in [-0.15, -0.1) is 0 Å². The molecule has 1 heterocycles. The summed E-state index contributed by atoms with van der Waals surface area (Å²) in [6.45, 7) is 0.448. The Bertz CT molecular complexity index is 461. The molecule has 0 aromatic carbocycles. The minimum Gasteiger partial charge on any atom is -0.481 e. The second kappa shape index (κ2) is 4.84. The third-order valence-corrected chi connectivity index (χ3v) is 3.74. The number of amides is 1. The normalized spacial score (nSPS) is 16.9. The van der Waals surface area contributed by atoms with Crippen molar-refractivity contribution in [3.8, 4) is 0 Å². The molecular weight excluding hydrogens is 232 g/mol. The lowest BCUT2D eigenvalue weighted by molar-refractivity contribution is -0.141. The Morgan fingerprint density at radius 1 is 1.50 bits per heavy atom. The van der Waals surface area contributed by atoms with Gasteiger partial charge in [-0.05, 0) is 30.4 Å². The zero-order valence-electron chi connectivity index (χ0n) is 10.5. The van der Waals surface area contributed by atoms with E-state index in [0.29, 0.717) is 12.2 Å². The molecule has 1 amide bonds. The largest absolute Gasteiger partial charge is 0.481 e. The van der Waals surface area contributed by atoms with E-state index in [9.17, 15) is 9.59 Å². The van der Waals surface area contributed by atoms with Crippen LogP contribution in [-0.4, -0.2) is 28.1 Å². The summed E-state index contributed by atoms with van der Waals surface area (Å²) in [5.41, 5.74) is 0.368. The van der Waals surface area contributed by atoms with Crippen LogP contribution in [0.2, 0.25) is 0 Å². The Kier molecular flexibility index (Phi) is 3.41. The van der Waals surface area contributed by atoms with Crippen molar-refractivity contribution < 1.29 is 14.7 Å². The molecule has 1 aromatic heterocycles. The summed E-state index contributed by atoms with van der Waals surface area (Å²) in [7, 11) is 1.81. The van der Waals surface area contributed by atoms with Crippen LogP contribution in [-0.2, 0) is 11.8 Å². The molecule has 98 valence electrons. The number of carbonyl (C=O) groups excluding carboxylic acids is 1. The molecule has 1 fully saturated rings. The van der Waals surface area contributed by atoms with Gasteiger partial charge >= 0.3 is 5.97 Å². The van der Waals surface area contributed by atoms with Crippen LogP contribution in [0.5, 0.6) is 0 Å². The van der Waals surface area contributed by atoms with Crippen molar-refractivity contribution in [3.63, 3.8) is 0 Å². The molecule has 2 N–H and O–H groups in total. The fraction of sp³-hybridized carbons (Fsp3) is 0.538. The highest BCUT2D eigenvalue weighted by Gasteiger charge is 2.39. The molecule has 18 heavy (non-hydrogen) atoms. The molecule has 0 spiro atoms. The number of hydrogen-bond acceptors (Lipinski definition) is 2. The Morgan fingerprint density at radius 2 is 2.22 bits per heavy atom. The summed E-state index contributed by atoms with van der Waals surface area (Å²) in [5.74, 6) is -0.929. The number of aliphatic carboxylic acids is 1. The number of carboxylic acid groups (broad SMARTS) is 1. The first-order valence-corrected chi connectivity index (χ1v) is 6.14. The number of rotatable bonds is 5. The maximum absolute atomic E-state index is 11.9. The van der Waals surface area contributed by atoms with Crippen molar-refractivity contribution in [2.45, 2.75) is 25.7 Å². The van der Waals surface area contributed by atoms with Crippen molar-refractivity contribution in [2.75, 3.05) is 6.54 Å². The minimum atomic E-state index is -0.789. The highest BCUT2D eigenvalue weighted by Crippen LogP contribution is 2.43. The van der Waals surface area contributed by atoms with Crippen LogP contribution in [0.15, 0.2) is 18.3 Å². The maximum atomic E-state index is 11.9. The zero-order chi connectivity index (χ0) is 13.2. The average molecular weight is 250 g/mol. The predicted molar refractivity (Wildman–Crippen MR) is 66.3 cm³/mol. The standard InChI is InChI=1S/C13H18N2O3/c1-15-7-2-4-10(15)12(18)14-9-13(5-3-6-13)8-11(16)17/h2,4,7H,3,5-6,8-9H2,1H3,(H,14,18)(H,16,17). The molecule has 0 unspecified atom stereocenters. The summed E-state index contributed by atoms with van der Waals surface area (Å²) < 4.78 is 1.75. The van der Waals surface area contributed by atoms with E-state index in [-0.39, 0.29) is 17.7 Å². The summed E-state index contributed by atoms with van der Waals surface area (Å²) in [5, 5.41) is 11.7. The Morgan fingerprint density at radius 3 is 2.67 bits per heavy atom. The van der Waals surface area contributed by atoms with Gasteiger partial charge in [0.2, 0.25) is 0 Å². The van der Waals surface area contributed by atoms with E-state index < -0.39 is 5.97 Å². The van der Waals surface area contributed by atoms with E-state index in [1.807, 2.05) is 19.3 Å². The second-order valence-electron chi connectivity index (χ2n) is 5.11. The first kappa shape index (κ1) is 12.7. The smallest absolute Gasteiger partial charge is 0.303 e. The van der Waals surface area contributed by atoms with Gasteiger partial charge in [0.15, 0.2) is 0 Å². The molecule has 5 heteroatoms. The highest BCUT2D eigenvalue weighted by molar-refractivity contribution is 5.92. The topological polar surface area (TPSA) is 71.3 Å². The average Bonchev–Trinajstić information content (AvgIpc) is 2.67. The number of carbonyl (C=O) groups is 2. The van der Waals surface area contributed by atoms with Gasteiger partial charge in [-0.3, -0.25) is 9.59 Å². The van der Waals surface area contributed by atoms with Crippen LogP contribution in [0.1, 0.15) is 36.2 Å². The molecule has 1 aliphatic rings. The summed E-state index contributed by atoms with van der Waals surface area (Å²) in [6.07, 6.45) is 4.76. The highest BCUT2D eigenvalue weighted by atomic mass is 16.4.